The number of rotatable bonds is 8. The number of anilines is 2. The molecule has 2 N–H and O–H groups in total. The second kappa shape index (κ2) is 9.17. The minimum absolute atomic E-state index is 0.0324. The van der Waals surface area contributed by atoms with Gasteiger partial charge in [0.05, 0.1) is 12.8 Å². The van der Waals surface area contributed by atoms with Gasteiger partial charge < -0.3 is 4.74 Å². The standard InChI is InChI=1S/C23H27N3O3S/c1-5-26(19-9-7-6-8-10-19)30(27,28)20-12-14-23(24-16-20)25-18(3)21-15-17(2)11-13-22(21)29-4/h6-16,18H,5H2,1-4H3,(H,24,25)/p+1/t18-/m1/s1. The van der Waals surface area contributed by atoms with Crippen LogP contribution in [0.3, 0.4) is 0 Å². The zero-order chi connectivity index (χ0) is 21.7. The molecule has 7 heteroatoms. The zero-order valence-corrected chi connectivity index (χ0v) is 18.5. The Morgan fingerprint density at radius 3 is 2.43 bits per heavy atom. The van der Waals surface area contributed by atoms with E-state index in [0.29, 0.717) is 18.1 Å². The van der Waals surface area contributed by atoms with Crippen LogP contribution < -0.4 is 19.3 Å². The summed E-state index contributed by atoms with van der Waals surface area (Å²) in [5.74, 6) is 1.52. The van der Waals surface area contributed by atoms with E-state index in [1.54, 1.807) is 31.4 Å². The molecule has 0 bridgehead atoms. The maximum atomic E-state index is 13.1. The molecular formula is C23H28N3O3S+. The number of benzene rings is 2. The number of hydrogen-bond donors (Lipinski definition) is 1. The van der Waals surface area contributed by atoms with Crippen LogP contribution in [-0.4, -0.2) is 22.1 Å². The maximum Gasteiger partial charge on any atom is 0.272 e. The fraction of sp³-hybridized carbons (Fsp3) is 0.261. The molecule has 158 valence electrons. The van der Waals surface area contributed by atoms with E-state index in [1.165, 1.54) is 10.5 Å². The van der Waals surface area contributed by atoms with E-state index in [9.17, 15) is 8.42 Å². The number of ether oxygens (including phenoxy) is 1. The summed E-state index contributed by atoms with van der Waals surface area (Å²) in [5, 5.41) is 3.37. The van der Waals surface area contributed by atoms with Gasteiger partial charge in [-0.1, -0.05) is 29.8 Å². The topological polar surface area (TPSA) is 72.8 Å². The van der Waals surface area contributed by atoms with E-state index in [0.717, 1.165) is 16.9 Å². The molecule has 0 spiro atoms. The highest BCUT2D eigenvalue weighted by atomic mass is 32.2. The van der Waals surface area contributed by atoms with Gasteiger partial charge in [0, 0.05) is 18.2 Å². The summed E-state index contributed by atoms with van der Waals surface area (Å²) in [6.07, 6.45) is 1.52. The summed E-state index contributed by atoms with van der Waals surface area (Å²) in [5.41, 5.74) is 2.82. The van der Waals surface area contributed by atoms with E-state index in [1.807, 2.05) is 51.1 Å². The first-order chi connectivity index (χ1) is 14.4. The Hall–Kier alpha value is -3.06. The monoisotopic (exact) mass is 426 g/mol. The van der Waals surface area contributed by atoms with Crippen LogP contribution in [0, 0.1) is 6.92 Å². The third-order valence-corrected chi connectivity index (χ3v) is 6.83. The van der Waals surface area contributed by atoms with Crippen LogP contribution >= 0.6 is 0 Å². The zero-order valence-electron chi connectivity index (χ0n) is 17.7. The molecular weight excluding hydrogens is 398 g/mol. The second-order valence-corrected chi connectivity index (χ2v) is 8.92. The van der Waals surface area contributed by atoms with Crippen LogP contribution in [0.15, 0.2) is 71.8 Å². The summed E-state index contributed by atoms with van der Waals surface area (Å²) in [4.78, 5) is 3.28. The van der Waals surface area contributed by atoms with Crippen molar-refractivity contribution in [3.05, 3.63) is 78.0 Å². The van der Waals surface area contributed by atoms with Gasteiger partial charge >= 0.3 is 0 Å². The van der Waals surface area contributed by atoms with Gasteiger partial charge in [-0.3, -0.25) is 9.62 Å². The Morgan fingerprint density at radius 2 is 1.83 bits per heavy atom. The van der Waals surface area contributed by atoms with Gasteiger partial charge in [-0.25, -0.2) is 13.4 Å². The molecule has 0 aliphatic rings. The third-order valence-electron chi connectivity index (χ3n) is 4.93. The lowest BCUT2D eigenvalue weighted by molar-refractivity contribution is -0.364. The van der Waals surface area contributed by atoms with Gasteiger partial charge in [-0.05, 0) is 51.1 Å². The smallest absolute Gasteiger partial charge is 0.272 e. The van der Waals surface area contributed by atoms with Crippen molar-refractivity contribution in [3.63, 3.8) is 0 Å². The molecule has 1 heterocycles. The Balaban J connectivity index is 1.82. The normalized spacial score (nSPS) is 12.3. The number of para-hydroxylation sites is 1. The van der Waals surface area contributed by atoms with Crippen molar-refractivity contribution in [3.8, 4) is 5.75 Å². The Bertz CT molecular complexity index is 1080. The number of aryl methyl sites for hydroxylation is 1. The van der Waals surface area contributed by atoms with Gasteiger partial charge in [0.15, 0.2) is 0 Å². The lowest BCUT2D eigenvalue weighted by atomic mass is 10.0. The SMILES string of the molecule is CCN(c1ccccc1)S(=O)(=O)c1ccc(N[C@H](C)c2cc(C)ccc2OC)[nH+]c1. The van der Waals surface area contributed by atoms with Crippen molar-refractivity contribution in [2.24, 2.45) is 0 Å². The quantitative estimate of drug-likeness (QED) is 0.586. The summed E-state index contributed by atoms with van der Waals surface area (Å²) < 4.78 is 33.1. The van der Waals surface area contributed by atoms with Gasteiger partial charge in [-0.15, -0.1) is 0 Å². The molecule has 1 atom stereocenters. The van der Waals surface area contributed by atoms with E-state index in [2.05, 4.69) is 16.4 Å². The number of H-pyrrole nitrogens is 1. The van der Waals surface area contributed by atoms with Gasteiger partial charge in [0.25, 0.3) is 15.8 Å². The van der Waals surface area contributed by atoms with Crippen molar-refractivity contribution >= 4 is 21.5 Å². The van der Waals surface area contributed by atoms with Crippen LogP contribution in [0.5, 0.6) is 5.75 Å². The summed E-state index contributed by atoms with van der Waals surface area (Å²) >= 11 is 0. The molecule has 3 aromatic rings. The average molecular weight is 427 g/mol. The van der Waals surface area contributed by atoms with Crippen molar-refractivity contribution < 1.29 is 18.1 Å². The molecule has 0 aliphatic carbocycles. The molecule has 30 heavy (non-hydrogen) atoms. The molecule has 0 unspecified atom stereocenters. The minimum Gasteiger partial charge on any atom is -0.496 e. The van der Waals surface area contributed by atoms with Crippen molar-refractivity contribution in [2.75, 3.05) is 23.3 Å². The molecule has 3 rings (SSSR count). The van der Waals surface area contributed by atoms with Gasteiger partial charge in [-0.2, -0.15) is 0 Å². The van der Waals surface area contributed by atoms with Crippen molar-refractivity contribution in [1.29, 1.82) is 0 Å². The molecule has 0 saturated carbocycles. The Morgan fingerprint density at radius 1 is 1.10 bits per heavy atom. The molecule has 0 aliphatic heterocycles. The number of methoxy groups -OCH3 is 1. The molecule has 1 aromatic heterocycles. The summed E-state index contributed by atoms with van der Waals surface area (Å²) in [6, 6.07) is 18.4. The largest absolute Gasteiger partial charge is 0.496 e. The van der Waals surface area contributed by atoms with E-state index in [-0.39, 0.29) is 10.9 Å². The van der Waals surface area contributed by atoms with E-state index < -0.39 is 10.0 Å². The molecule has 2 aromatic carbocycles. The highest BCUT2D eigenvalue weighted by Crippen LogP contribution is 2.28. The van der Waals surface area contributed by atoms with Crippen LogP contribution in [0.4, 0.5) is 11.5 Å². The number of pyridine rings is 1. The summed E-state index contributed by atoms with van der Waals surface area (Å²) in [7, 11) is -2.01. The fourth-order valence-corrected chi connectivity index (χ4v) is 4.82. The maximum absolute atomic E-state index is 13.1. The van der Waals surface area contributed by atoms with Crippen LogP contribution in [-0.2, 0) is 10.0 Å². The first-order valence-corrected chi connectivity index (χ1v) is 11.3. The number of aromatic amines is 1. The molecule has 0 saturated heterocycles. The van der Waals surface area contributed by atoms with Crippen LogP contribution in [0.25, 0.3) is 0 Å². The Kier molecular flexibility index (Phi) is 6.62. The number of aromatic nitrogens is 1. The Labute approximate surface area is 178 Å². The van der Waals surface area contributed by atoms with E-state index >= 15 is 0 Å². The van der Waals surface area contributed by atoms with Crippen molar-refractivity contribution in [2.45, 2.75) is 31.7 Å². The predicted molar refractivity (Wildman–Crippen MR) is 119 cm³/mol. The van der Waals surface area contributed by atoms with E-state index in [4.69, 9.17) is 4.74 Å². The number of hydrogen-bond acceptors (Lipinski definition) is 4. The lowest BCUT2D eigenvalue weighted by Crippen LogP contribution is -2.31. The molecule has 0 amide bonds. The van der Waals surface area contributed by atoms with Crippen molar-refractivity contribution in [1.82, 2.24) is 0 Å². The second-order valence-electron chi connectivity index (χ2n) is 7.05. The highest BCUT2D eigenvalue weighted by Gasteiger charge is 2.25. The first-order valence-electron chi connectivity index (χ1n) is 9.87. The lowest BCUT2D eigenvalue weighted by Gasteiger charge is -2.22. The molecule has 0 radical (unpaired) electrons. The number of nitrogens with one attached hydrogen (secondary N) is 2. The minimum atomic E-state index is -3.66. The number of sulfonamides is 1. The van der Waals surface area contributed by atoms with Crippen LogP contribution in [0.2, 0.25) is 0 Å². The van der Waals surface area contributed by atoms with Gasteiger partial charge in [0.2, 0.25) is 0 Å². The third kappa shape index (κ3) is 4.57. The first kappa shape index (κ1) is 21.6. The predicted octanol–water partition coefficient (Wildman–Crippen LogP) is 4.21. The number of nitrogens with zero attached hydrogens (tertiary/aromatic N) is 1. The molecule has 0 fully saturated rings. The van der Waals surface area contributed by atoms with Crippen LogP contribution in [0.1, 0.15) is 31.0 Å². The summed E-state index contributed by atoms with van der Waals surface area (Å²) in [6.45, 7) is 6.23. The molecule has 6 nitrogen and oxygen atoms in total. The van der Waals surface area contributed by atoms with Gasteiger partial charge in [0.1, 0.15) is 22.9 Å². The highest BCUT2D eigenvalue weighted by molar-refractivity contribution is 7.92. The fourth-order valence-electron chi connectivity index (χ4n) is 3.38. The average Bonchev–Trinajstić information content (AvgIpc) is 2.75.